The number of thiophene rings is 1. The summed E-state index contributed by atoms with van der Waals surface area (Å²) in [5.41, 5.74) is 5.58. The summed E-state index contributed by atoms with van der Waals surface area (Å²) in [4.78, 5) is 15.7. The standard InChI is InChI=1S/C39H23N3S/c1-3-13-24(14-4-1)31-23-32(41-39(40-31)25-15-5-2-6-16-25)36-28-19-9-8-18-27(28)35-37(42-36)29-20-10-7-17-26(29)34-30-21-11-12-22-33(30)43-38(34)35/h1-23H. The minimum absolute atomic E-state index is 0.688. The summed E-state index contributed by atoms with van der Waals surface area (Å²) in [5.74, 6) is 0.688. The highest BCUT2D eigenvalue weighted by atomic mass is 32.1. The summed E-state index contributed by atoms with van der Waals surface area (Å²) >= 11 is 1.86. The smallest absolute Gasteiger partial charge is 0.160 e. The second-order valence-electron chi connectivity index (χ2n) is 10.8. The van der Waals surface area contributed by atoms with Gasteiger partial charge in [0.15, 0.2) is 5.82 Å². The Balaban J connectivity index is 1.44. The molecule has 3 aromatic heterocycles. The van der Waals surface area contributed by atoms with Crippen LogP contribution in [0.4, 0.5) is 0 Å². The Hall–Kier alpha value is -5.45. The van der Waals surface area contributed by atoms with Gasteiger partial charge in [0, 0.05) is 47.5 Å². The highest BCUT2D eigenvalue weighted by Crippen LogP contribution is 2.46. The molecule has 0 atom stereocenters. The minimum atomic E-state index is 0.688. The molecule has 9 aromatic rings. The maximum absolute atomic E-state index is 5.51. The van der Waals surface area contributed by atoms with E-state index in [-0.39, 0.29) is 0 Å². The summed E-state index contributed by atoms with van der Waals surface area (Å²) < 4.78 is 2.57. The molecule has 0 aliphatic carbocycles. The van der Waals surface area contributed by atoms with Gasteiger partial charge in [-0.1, -0.05) is 127 Å². The van der Waals surface area contributed by atoms with E-state index in [0.29, 0.717) is 5.82 Å². The van der Waals surface area contributed by atoms with E-state index < -0.39 is 0 Å². The van der Waals surface area contributed by atoms with Crippen molar-refractivity contribution >= 4 is 64.0 Å². The fourth-order valence-electron chi connectivity index (χ4n) is 6.32. The topological polar surface area (TPSA) is 38.7 Å². The molecular formula is C39H23N3S. The summed E-state index contributed by atoms with van der Waals surface area (Å²) in [7, 11) is 0. The Morgan fingerprint density at radius 2 is 0.977 bits per heavy atom. The van der Waals surface area contributed by atoms with Crippen LogP contribution in [0.5, 0.6) is 0 Å². The van der Waals surface area contributed by atoms with Gasteiger partial charge in [0.25, 0.3) is 0 Å². The fourth-order valence-corrected chi connectivity index (χ4v) is 7.60. The number of benzene rings is 6. The van der Waals surface area contributed by atoms with Crippen molar-refractivity contribution in [1.29, 1.82) is 0 Å². The zero-order chi connectivity index (χ0) is 28.3. The second-order valence-corrected chi connectivity index (χ2v) is 11.8. The first-order chi connectivity index (χ1) is 21.3. The van der Waals surface area contributed by atoms with Crippen LogP contribution in [0.25, 0.3) is 86.7 Å². The van der Waals surface area contributed by atoms with Gasteiger partial charge in [0.2, 0.25) is 0 Å². The van der Waals surface area contributed by atoms with E-state index >= 15 is 0 Å². The van der Waals surface area contributed by atoms with Crippen LogP contribution in [0, 0.1) is 0 Å². The van der Waals surface area contributed by atoms with E-state index in [1.54, 1.807) is 0 Å². The maximum Gasteiger partial charge on any atom is 0.160 e. The normalized spacial score (nSPS) is 11.7. The van der Waals surface area contributed by atoms with Crippen LogP contribution in [0.15, 0.2) is 140 Å². The molecule has 0 fully saturated rings. The van der Waals surface area contributed by atoms with Gasteiger partial charge in [-0.3, -0.25) is 0 Å². The van der Waals surface area contributed by atoms with Crippen molar-refractivity contribution in [2.45, 2.75) is 0 Å². The third-order valence-electron chi connectivity index (χ3n) is 8.26. The van der Waals surface area contributed by atoms with Crippen LogP contribution in [-0.4, -0.2) is 15.0 Å². The zero-order valence-corrected chi connectivity index (χ0v) is 23.8. The lowest BCUT2D eigenvalue weighted by Crippen LogP contribution is -1.98. The highest BCUT2D eigenvalue weighted by Gasteiger charge is 2.21. The van der Waals surface area contributed by atoms with Gasteiger partial charge in [0.05, 0.1) is 22.6 Å². The molecule has 0 unspecified atom stereocenters. The molecule has 0 bridgehead atoms. The van der Waals surface area contributed by atoms with E-state index in [1.807, 2.05) is 47.7 Å². The first-order valence-electron chi connectivity index (χ1n) is 14.4. The van der Waals surface area contributed by atoms with Crippen LogP contribution in [0.1, 0.15) is 0 Å². The van der Waals surface area contributed by atoms with Crippen molar-refractivity contribution in [3.63, 3.8) is 0 Å². The predicted molar refractivity (Wildman–Crippen MR) is 182 cm³/mol. The summed E-state index contributed by atoms with van der Waals surface area (Å²) in [6.45, 7) is 0. The summed E-state index contributed by atoms with van der Waals surface area (Å²) in [6, 6.07) is 48.7. The SMILES string of the molecule is c1ccc(-c2cc(-c3nc4c5ccccc5c5c6ccccc6sc5c4c4ccccc34)nc(-c3ccccc3)n2)cc1. The molecule has 3 heterocycles. The van der Waals surface area contributed by atoms with Crippen molar-refractivity contribution < 1.29 is 0 Å². The number of aromatic nitrogens is 3. The number of rotatable bonds is 3. The van der Waals surface area contributed by atoms with E-state index in [0.717, 1.165) is 44.5 Å². The Labute approximate surface area is 251 Å². The van der Waals surface area contributed by atoms with Crippen molar-refractivity contribution in [2.75, 3.05) is 0 Å². The van der Waals surface area contributed by atoms with Crippen molar-refractivity contribution in [2.24, 2.45) is 0 Å². The third kappa shape index (κ3) is 3.77. The summed E-state index contributed by atoms with van der Waals surface area (Å²) in [6.07, 6.45) is 0. The van der Waals surface area contributed by atoms with Crippen LogP contribution in [-0.2, 0) is 0 Å². The molecule has 43 heavy (non-hydrogen) atoms. The zero-order valence-electron chi connectivity index (χ0n) is 23.0. The van der Waals surface area contributed by atoms with E-state index in [2.05, 4.69) is 103 Å². The number of fused-ring (bicyclic) bond motifs is 10. The molecule has 0 spiro atoms. The number of hydrogen-bond donors (Lipinski definition) is 0. The largest absolute Gasteiger partial charge is 0.245 e. The van der Waals surface area contributed by atoms with Gasteiger partial charge in [-0.25, -0.2) is 15.0 Å². The quantitative estimate of drug-likeness (QED) is 0.200. The first kappa shape index (κ1) is 24.2. The molecule has 0 N–H and O–H groups in total. The number of hydrogen-bond acceptors (Lipinski definition) is 4. The molecule has 0 saturated carbocycles. The van der Waals surface area contributed by atoms with Gasteiger partial charge in [-0.15, -0.1) is 11.3 Å². The van der Waals surface area contributed by atoms with Crippen LogP contribution < -0.4 is 0 Å². The maximum atomic E-state index is 5.51. The molecule has 200 valence electrons. The molecule has 6 aromatic carbocycles. The molecular weight excluding hydrogens is 543 g/mol. The molecule has 9 rings (SSSR count). The van der Waals surface area contributed by atoms with Crippen LogP contribution in [0.3, 0.4) is 0 Å². The molecule has 3 nitrogen and oxygen atoms in total. The Kier molecular flexibility index (Phi) is 5.37. The molecule has 0 saturated heterocycles. The monoisotopic (exact) mass is 565 g/mol. The fraction of sp³-hybridized carbons (Fsp3) is 0. The average Bonchev–Trinajstić information content (AvgIpc) is 3.48. The number of nitrogens with zero attached hydrogens (tertiary/aromatic N) is 3. The summed E-state index contributed by atoms with van der Waals surface area (Å²) in [5, 5.41) is 8.46. The second kappa shape index (κ2) is 9.55. The lowest BCUT2D eigenvalue weighted by molar-refractivity contribution is 1.17. The average molecular weight is 566 g/mol. The predicted octanol–water partition coefficient (Wildman–Crippen LogP) is 10.7. The van der Waals surface area contributed by atoms with Gasteiger partial charge in [-0.2, -0.15) is 0 Å². The van der Waals surface area contributed by atoms with Gasteiger partial charge in [0.1, 0.15) is 0 Å². The third-order valence-corrected chi connectivity index (χ3v) is 9.44. The minimum Gasteiger partial charge on any atom is -0.245 e. The molecule has 0 aliphatic heterocycles. The highest BCUT2D eigenvalue weighted by molar-refractivity contribution is 7.27. The van der Waals surface area contributed by atoms with Crippen molar-refractivity contribution in [3.8, 4) is 34.0 Å². The van der Waals surface area contributed by atoms with Gasteiger partial charge in [-0.05, 0) is 22.9 Å². The van der Waals surface area contributed by atoms with E-state index in [4.69, 9.17) is 15.0 Å². The van der Waals surface area contributed by atoms with Gasteiger partial charge >= 0.3 is 0 Å². The van der Waals surface area contributed by atoms with Crippen molar-refractivity contribution in [3.05, 3.63) is 140 Å². The van der Waals surface area contributed by atoms with E-state index in [9.17, 15) is 0 Å². The van der Waals surface area contributed by atoms with E-state index in [1.165, 1.54) is 36.3 Å². The number of pyridine rings is 1. The molecule has 0 aliphatic rings. The molecule has 0 amide bonds. The lowest BCUT2D eigenvalue weighted by atomic mass is 9.95. The van der Waals surface area contributed by atoms with Crippen LogP contribution >= 0.6 is 11.3 Å². The Bertz CT molecular complexity index is 2440. The lowest BCUT2D eigenvalue weighted by Gasteiger charge is -2.14. The molecule has 0 radical (unpaired) electrons. The Morgan fingerprint density at radius 3 is 1.72 bits per heavy atom. The Morgan fingerprint density at radius 1 is 0.419 bits per heavy atom. The van der Waals surface area contributed by atoms with Gasteiger partial charge < -0.3 is 0 Å². The van der Waals surface area contributed by atoms with Crippen LogP contribution in [0.2, 0.25) is 0 Å². The molecule has 4 heteroatoms. The van der Waals surface area contributed by atoms with Crippen molar-refractivity contribution in [1.82, 2.24) is 15.0 Å². The first-order valence-corrected chi connectivity index (χ1v) is 15.2.